The molecule has 0 aromatic heterocycles. The normalized spacial score (nSPS) is 13.0. The van der Waals surface area contributed by atoms with Gasteiger partial charge in [-0.15, -0.1) is 0 Å². The highest BCUT2D eigenvalue weighted by Gasteiger charge is 2.26. The van der Waals surface area contributed by atoms with Crippen molar-refractivity contribution in [3.05, 3.63) is 58.9 Å². The van der Waals surface area contributed by atoms with Crippen LogP contribution in [0.25, 0.3) is 0 Å². The van der Waals surface area contributed by atoms with Crippen LogP contribution < -0.4 is 15.5 Å². The van der Waals surface area contributed by atoms with E-state index >= 15 is 0 Å². The SMILES string of the molecule is C[C@H](C(=O)Nc1ccc(F)c(F)c1F)[NH+](C)CC(=O)Nc1ccccc1Cl. The lowest BCUT2D eigenvalue weighted by Gasteiger charge is -2.21. The molecular weight excluding hydrogens is 383 g/mol. The maximum absolute atomic E-state index is 13.7. The van der Waals surface area contributed by atoms with Gasteiger partial charge in [0.1, 0.15) is 0 Å². The fourth-order valence-electron chi connectivity index (χ4n) is 2.25. The van der Waals surface area contributed by atoms with Crippen LogP contribution in [-0.4, -0.2) is 31.4 Å². The van der Waals surface area contributed by atoms with E-state index in [-0.39, 0.29) is 12.5 Å². The minimum atomic E-state index is -1.67. The van der Waals surface area contributed by atoms with E-state index in [1.807, 2.05) is 0 Å². The number of carbonyl (C=O) groups excluding carboxylic acids is 2. The van der Waals surface area contributed by atoms with Crippen molar-refractivity contribution >= 4 is 34.8 Å². The van der Waals surface area contributed by atoms with Crippen LogP contribution in [0.15, 0.2) is 36.4 Å². The molecule has 3 N–H and O–H groups in total. The highest BCUT2D eigenvalue weighted by Crippen LogP contribution is 2.20. The highest BCUT2D eigenvalue weighted by atomic mass is 35.5. The first-order valence-corrected chi connectivity index (χ1v) is 8.39. The third-order valence-electron chi connectivity index (χ3n) is 4.01. The number of anilines is 2. The Kier molecular flexibility index (Phi) is 6.81. The Morgan fingerprint density at radius 3 is 2.37 bits per heavy atom. The van der Waals surface area contributed by atoms with Gasteiger partial charge in [0.2, 0.25) is 0 Å². The summed E-state index contributed by atoms with van der Waals surface area (Å²) in [4.78, 5) is 24.9. The molecule has 144 valence electrons. The largest absolute Gasteiger partial charge is 0.320 e. The average molecular weight is 401 g/mol. The van der Waals surface area contributed by atoms with Crippen molar-refractivity contribution in [1.82, 2.24) is 0 Å². The Hall–Kier alpha value is -2.58. The maximum Gasteiger partial charge on any atom is 0.282 e. The summed E-state index contributed by atoms with van der Waals surface area (Å²) in [5.74, 6) is -5.52. The van der Waals surface area contributed by atoms with Crippen molar-refractivity contribution in [2.75, 3.05) is 24.2 Å². The van der Waals surface area contributed by atoms with E-state index in [9.17, 15) is 22.8 Å². The molecule has 2 atom stereocenters. The van der Waals surface area contributed by atoms with Gasteiger partial charge in [-0.3, -0.25) is 9.59 Å². The Labute approximate surface area is 159 Å². The van der Waals surface area contributed by atoms with Crippen LogP contribution in [0, 0.1) is 17.5 Å². The van der Waals surface area contributed by atoms with Gasteiger partial charge >= 0.3 is 0 Å². The third kappa shape index (κ3) is 5.21. The van der Waals surface area contributed by atoms with E-state index in [2.05, 4.69) is 10.6 Å². The van der Waals surface area contributed by atoms with Crippen LogP contribution in [-0.2, 0) is 9.59 Å². The number of para-hydroxylation sites is 1. The molecule has 0 aliphatic carbocycles. The minimum absolute atomic E-state index is 0.0694. The van der Waals surface area contributed by atoms with Gasteiger partial charge in [0, 0.05) is 0 Å². The molecule has 5 nitrogen and oxygen atoms in total. The van der Waals surface area contributed by atoms with Crippen molar-refractivity contribution in [1.29, 1.82) is 0 Å². The molecule has 9 heteroatoms. The van der Waals surface area contributed by atoms with E-state index in [0.29, 0.717) is 21.7 Å². The zero-order valence-electron chi connectivity index (χ0n) is 14.6. The van der Waals surface area contributed by atoms with Crippen molar-refractivity contribution in [3.63, 3.8) is 0 Å². The molecule has 0 radical (unpaired) electrons. The summed E-state index contributed by atoms with van der Waals surface area (Å²) in [5.41, 5.74) is -0.0306. The number of quaternary nitrogens is 1. The molecule has 0 spiro atoms. The summed E-state index contributed by atoms with van der Waals surface area (Å²) in [6.45, 7) is 1.45. The molecule has 0 saturated heterocycles. The molecule has 1 unspecified atom stereocenters. The Bertz CT molecular complexity index is 864. The second kappa shape index (κ2) is 8.88. The summed E-state index contributed by atoms with van der Waals surface area (Å²) < 4.78 is 39.9. The van der Waals surface area contributed by atoms with E-state index in [0.717, 1.165) is 6.07 Å². The maximum atomic E-state index is 13.7. The second-order valence-electron chi connectivity index (χ2n) is 5.99. The van der Waals surface area contributed by atoms with Crippen LogP contribution >= 0.6 is 11.6 Å². The molecule has 2 aromatic rings. The highest BCUT2D eigenvalue weighted by molar-refractivity contribution is 6.33. The molecule has 2 aromatic carbocycles. The number of hydrogen-bond acceptors (Lipinski definition) is 2. The minimum Gasteiger partial charge on any atom is -0.320 e. The lowest BCUT2D eigenvalue weighted by atomic mass is 10.2. The number of amides is 2. The van der Waals surface area contributed by atoms with E-state index in [4.69, 9.17) is 11.6 Å². The van der Waals surface area contributed by atoms with Gasteiger partial charge in [-0.25, -0.2) is 13.2 Å². The van der Waals surface area contributed by atoms with E-state index in [1.54, 1.807) is 31.3 Å². The molecule has 2 amide bonds. The first-order valence-electron chi connectivity index (χ1n) is 8.01. The van der Waals surface area contributed by atoms with Crippen molar-refractivity contribution in [2.24, 2.45) is 0 Å². The summed E-state index contributed by atoms with van der Waals surface area (Å²) >= 11 is 5.97. The molecule has 2 rings (SSSR count). The summed E-state index contributed by atoms with van der Waals surface area (Å²) in [5, 5.41) is 5.21. The zero-order valence-corrected chi connectivity index (χ0v) is 15.3. The number of likely N-dealkylation sites (N-methyl/N-ethyl adjacent to an activating group) is 1. The Morgan fingerprint density at radius 1 is 1.04 bits per heavy atom. The van der Waals surface area contributed by atoms with Gasteiger partial charge in [-0.2, -0.15) is 0 Å². The van der Waals surface area contributed by atoms with Crippen LogP contribution in [0.5, 0.6) is 0 Å². The van der Waals surface area contributed by atoms with Gasteiger partial charge in [-0.1, -0.05) is 23.7 Å². The molecular formula is C18H18ClF3N3O2+. The van der Waals surface area contributed by atoms with Crippen LogP contribution in [0.1, 0.15) is 6.92 Å². The Balaban J connectivity index is 1.97. The van der Waals surface area contributed by atoms with Gasteiger partial charge in [0.25, 0.3) is 11.8 Å². The zero-order chi connectivity index (χ0) is 20.1. The van der Waals surface area contributed by atoms with Crippen LogP contribution in [0.4, 0.5) is 24.5 Å². The van der Waals surface area contributed by atoms with Crippen molar-refractivity contribution in [3.8, 4) is 0 Å². The quantitative estimate of drug-likeness (QED) is 0.651. The monoisotopic (exact) mass is 400 g/mol. The smallest absolute Gasteiger partial charge is 0.282 e. The first-order chi connectivity index (χ1) is 12.7. The van der Waals surface area contributed by atoms with Gasteiger partial charge in [0.05, 0.1) is 23.4 Å². The average Bonchev–Trinajstić information content (AvgIpc) is 2.63. The van der Waals surface area contributed by atoms with Crippen molar-refractivity contribution < 1.29 is 27.7 Å². The van der Waals surface area contributed by atoms with Gasteiger partial charge in [-0.05, 0) is 31.2 Å². The lowest BCUT2D eigenvalue weighted by Crippen LogP contribution is -3.14. The van der Waals surface area contributed by atoms with Crippen molar-refractivity contribution in [2.45, 2.75) is 13.0 Å². The summed E-state index contributed by atoms with van der Waals surface area (Å²) in [6, 6.07) is 7.57. The fraction of sp³-hybridized carbons (Fsp3) is 0.222. The lowest BCUT2D eigenvalue weighted by molar-refractivity contribution is -0.885. The summed E-state index contributed by atoms with van der Waals surface area (Å²) in [7, 11) is 1.60. The molecule has 0 fully saturated rings. The number of benzene rings is 2. The number of carbonyl (C=O) groups is 2. The fourth-order valence-corrected chi connectivity index (χ4v) is 2.43. The Morgan fingerprint density at radius 2 is 1.70 bits per heavy atom. The topological polar surface area (TPSA) is 62.6 Å². The number of hydrogen-bond donors (Lipinski definition) is 3. The van der Waals surface area contributed by atoms with Crippen LogP contribution in [0.3, 0.4) is 0 Å². The second-order valence-corrected chi connectivity index (χ2v) is 6.39. The molecule has 27 heavy (non-hydrogen) atoms. The molecule has 0 saturated carbocycles. The first kappa shape index (κ1) is 20.7. The number of rotatable bonds is 6. The predicted molar refractivity (Wildman–Crippen MR) is 96.2 cm³/mol. The third-order valence-corrected chi connectivity index (χ3v) is 4.34. The molecule has 0 bridgehead atoms. The molecule has 0 heterocycles. The van der Waals surface area contributed by atoms with Crippen LogP contribution in [0.2, 0.25) is 5.02 Å². The number of nitrogens with one attached hydrogen (secondary N) is 3. The summed E-state index contributed by atoms with van der Waals surface area (Å²) in [6.07, 6.45) is 0. The van der Waals surface area contributed by atoms with Gasteiger partial charge in [0.15, 0.2) is 30.0 Å². The van der Waals surface area contributed by atoms with E-state index in [1.165, 1.54) is 6.92 Å². The van der Waals surface area contributed by atoms with Gasteiger partial charge < -0.3 is 15.5 Å². The number of halogens is 4. The molecule has 0 aliphatic heterocycles. The standard InChI is InChI=1S/C18H17ClF3N3O2/c1-10(18(27)24-14-8-7-12(20)16(21)17(14)22)25(2)9-15(26)23-13-6-4-3-5-11(13)19/h3-8,10H,9H2,1-2H3,(H,23,26)(H,24,27)/p+1/t10-/m1/s1. The predicted octanol–water partition coefficient (Wildman–Crippen LogP) is 2.24. The molecule has 0 aliphatic rings. The van der Waals surface area contributed by atoms with E-state index < -0.39 is 35.1 Å².